The molecule has 0 amide bonds. The maximum absolute atomic E-state index is 6.01. The molecule has 0 unspecified atom stereocenters. The molecule has 5 heteroatoms. The Hall–Kier alpha value is -1.19. The number of hydrogen-bond donors (Lipinski definition) is 0. The molecule has 2 aromatic rings. The quantitative estimate of drug-likeness (QED) is 0.666. The summed E-state index contributed by atoms with van der Waals surface area (Å²) in [6, 6.07) is 7.60. The molecule has 1 heterocycles. The van der Waals surface area contributed by atoms with Crippen molar-refractivity contribution in [2.24, 2.45) is 0 Å². The molecule has 0 aliphatic rings. The zero-order valence-electron chi connectivity index (χ0n) is 11.4. The van der Waals surface area contributed by atoms with Gasteiger partial charge in [0.15, 0.2) is 0 Å². The van der Waals surface area contributed by atoms with Gasteiger partial charge in [0.1, 0.15) is 5.75 Å². The van der Waals surface area contributed by atoms with E-state index in [9.17, 15) is 0 Å². The van der Waals surface area contributed by atoms with Crippen molar-refractivity contribution in [3.05, 3.63) is 48.0 Å². The van der Waals surface area contributed by atoms with E-state index in [0.717, 1.165) is 25.3 Å². The van der Waals surface area contributed by atoms with Crippen LogP contribution in [0.15, 0.2) is 43.0 Å². The summed E-state index contributed by atoms with van der Waals surface area (Å²) in [6.45, 7) is 1.78. The number of benzene rings is 1. The van der Waals surface area contributed by atoms with E-state index in [4.69, 9.17) is 16.3 Å². The summed E-state index contributed by atoms with van der Waals surface area (Å²) in [6.07, 6.45) is 10.3. The molecule has 0 saturated heterocycles. The second-order valence-corrected chi connectivity index (χ2v) is 4.90. The monoisotopic (exact) mass is 314 g/mol. The summed E-state index contributed by atoms with van der Waals surface area (Å²) >= 11 is 6.01. The third-order valence-electron chi connectivity index (χ3n) is 2.96. The van der Waals surface area contributed by atoms with Crippen LogP contribution in [0.2, 0.25) is 5.02 Å². The molecule has 0 fully saturated rings. The molecule has 0 spiro atoms. The Bertz CT molecular complexity index is 474. The topological polar surface area (TPSA) is 27.1 Å². The van der Waals surface area contributed by atoms with Gasteiger partial charge in [0, 0.05) is 18.9 Å². The summed E-state index contributed by atoms with van der Waals surface area (Å²) in [5.74, 6) is 0.780. The molecular weight excluding hydrogens is 295 g/mol. The summed E-state index contributed by atoms with van der Waals surface area (Å²) in [4.78, 5) is 4.02. The minimum Gasteiger partial charge on any atom is -0.492 e. The molecule has 110 valence electrons. The van der Waals surface area contributed by atoms with Crippen molar-refractivity contribution in [1.82, 2.24) is 9.55 Å². The number of unbranched alkanes of at least 4 members (excludes halogenated alkanes) is 3. The Morgan fingerprint density at radius 3 is 2.65 bits per heavy atom. The van der Waals surface area contributed by atoms with Gasteiger partial charge < -0.3 is 9.30 Å². The van der Waals surface area contributed by atoms with Gasteiger partial charge in [0.2, 0.25) is 0 Å². The summed E-state index contributed by atoms with van der Waals surface area (Å²) in [7, 11) is 0. The van der Waals surface area contributed by atoms with Gasteiger partial charge in [-0.25, -0.2) is 4.98 Å². The van der Waals surface area contributed by atoms with Crippen molar-refractivity contribution < 1.29 is 4.74 Å². The van der Waals surface area contributed by atoms with Crippen LogP contribution in [-0.2, 0) is 6.54 Å². The molecular formula is C15H20Cl2N2O. The van der Waals surface area contributed by atoms with Gasteiger partial charge >= 0.3 is 0 Å². The van der Waals surface area contributed by atoms with E-state index in [2.05, 4.69) is 9.55 Å². The third kappa shape index (κ3) is 5.85. The fraction of sp³-hybridized carbons (Fsp3) is 0.400. The van der Waals surface area contributed by atoms with Crippen molar-refractivity contribution >= 4 is 24.0 Å². The lowest BCUT2D eigenvalue weighted by molar-refractivity contribution is 0.304. The summed E-state index contributed by atoms with van der Waals surface area (Å²) in [5.41, 5.74) is 0. The zero-order chi connectivity index (χ0) is 13.3. The highest BCUT2D eigenvalue weighted by molar-refractivity contribution is 6.32. The largest absolute Gasteiger partial charge is 0.492 e. The average Bonchev–Trinajstić information content (AvgIpc) is 2.93. The van der Waals surface area contributed by atoms with Gasteiger partial charge in [-0.1, -0.05) is 36.6 Å². The van der Waals surface area contributed by atoms with Crippen LogP contribution in [0.4, 0.5) is 0 Å². The average molecular weight is 315 g/mol. The van der Waals surface area contributed by atoms with Gasteiger partial charge in [0.25, 0.3) is 0 Å². The van der Waals surface area contributed by atoms with Gasteiger partial charge in [-0.15, -0.1) is 12.4 Å². The summed E-state index contributed by atoms with van der Waals surface area (Å²) < 4.78 is 7.75. The van der Waals surface area contributed by atoms with Crippen LogP contribution in [0, 0.1) is 0 Å². The molecule has 1 aromatic carbocycles. The van der Waals surface area contributed by atoms with Gasteiger partial charge in [-0.3, -0.25) is 0 Å². The SMILES string of the molecule is Cl.Clc1ccccc1OCCCCCCn1ccnc1. The molecule has 0 bridgehead atoms. The molecule has 20 heavy (non-hydrogen) atoms. The van der Waals surface area contributed by atoms with Crippen LogP contribution in [-0.4, -0.2) is 16.2 Å². The lowest BCUT2D eigenvalue weighted by Gasteiger charge is -2.07. The molecule has 0 aliphatic heterocycles. The van der Waals surface area contributed by atoms with E-state index in [-0.39, 0.29) is 12.4 Å². The number of hydrogen-bond acceptors (Lipinski definition) is 2. The molecule has 0 radical (unpaired) electrons. The van der Waals surface area contributed by atoms with E-state index in [1.54, 1.807) is 0 Å². The minimum atomic E-state index is 0. The third-order valence-corrected chi connectivity index (χ3v) is 3.28. The van der Waals surface area contributed by atoms with E-state index in [1.165, 1.54) is 19.3 Å². The Kier molecular flexibility index (Phi) is 8.16. The Morgan fingerprint density at radius 2 is 1.90 bits per heavy atom. The van der Waals surface area contributed by atoms with Crippen LogP contribution in [0.5, 0.6) is 5.75 Å². The molecule has 3 nitrogen and oxygen atoms in total. The standard InChI is InChI=1S/C15H19ClN2O.ClH/c16-14-7-3-4-8-15(14)19-12-6-2-1-5-10-18-11-9-17-13-18;/h3-4,7-9,11,13H,1-2,5-6,10,12H2;1H. The second-order valence-electron chi connectivity index (χ2n) is 4.49. The number of para-hydroxylation sites is 1. The first-order valence-corrected chi connectivity index (χ1v) is 7.07. The maximum Gasteiger partial charge on any atom is 0.137 e. The lowest BCUT2D eigenvalue weighted by Crippen LogP contribution is -1.99. The van der Waals surface area contributed by atoms with Crippen molar-refractivity contribution in [3.63, 3.8) is 0 Å². The van der Waals surface area contributed by atoms with Gasteiger partial charge in [0.05, 0.1) is 18.0 Å². The smallest absolute Gasteiger partial charge is 0.137 e. The highest BCUT2D eigenvalue weighted by atomic mass is 35.5. The second kappa shape index (κ2) is 9.67. The fourth-order valence-electron chi connectivity index (χ4n) is 1.91. The molecule has 2 rings (SSSR count). The first-order valence-electron chi connectivity index (χ1n) is 6.69. The number of rotatable bonds is 8. The van der Waals surface area contributed by atoms with Crippen LogP contribution in [0.25, 0.3) is 0 Å². The van der Waals surface area contributed by atoms with E-state index >= 15 is 0 Å². The first-order chi connectivity index (χ1) is 9.36. The highest BCUT2D eigenvalue weighted by Crippen LogP contribution is 2.23. The maximum atomic E-state index is 6.01. The zero-order valence-corrected chi connectivity index (χ0v) is 12.9. The lowest BCUT2D eigenvalue weighted by atomic mass is 10.2. The predicted octanol–water partition coefficient (Wildman–Crippen LogP) is 4.60. The number of halogens is 2. The Morgan fingerprint density at radius 1 is 1.10 bits per heavy atom. The van der Waals surface area contributed by atoms with Gasteiger partial charge in [-0.2, -0.15) is 0 Å². The number of imidazole rings is 1. The molecule has 0 N–H and O–H groups in total. The van der Waals surface area contributed by atoms with Crippen LogP contribution >= 0.6 is 24.0 Å². The van der Waals surface area contributed by atoms with E-state index in [0.29, 0.717) is 5.02 Å². The predicted molar refractivity (Wildman–Crippen MR) is 84.9 cm³/mol. The van der Waals surface area contributed by atoms with Crippen LogP contribution in [0.3, 0.4) is 0 Å². The van der Waals surface area contributed by atoms with E-state index < -0.39 is 0 Å². The fourth-order valence-corrected chi connectivity index (χ4v) is 2.10. The molecule has 1 aromatic heterocycles. The number of ether oxygens (including phenoxy) is 1. The normalized spacial score (nSPS) is 10.1. The van der Waals surface area contributed by atoms with Crippen LogP contribution < -0.4 is 4.74 Å². The minimum absolute atomic E-state index is 0. The first kappa shape index (κ1) is 16.9. The van der Waals surface area contributed by atoms with Crippen molar-refractivity contribution in [2.45, 2.75) is 32.2 Å². The Balaban J connectivity index is 0.00000200. The van der Waals surface area contributed by atoms with Crippen molar-refractivity contribution in [2.75, 3.05) is 6.61 Å². The number of nitrogens with zero attached hydrogens (tertiary/aromatic N) is 2. The highest BCUT2D eigenvalue weighted by Gasteiger charge is 1.99. The Labute approximate surface area is 131 Å². The number of aryl methyl sites for hydroxylation is 1. The summed E-state index contributed by atoms with van der Waals surface area (Å²) in [5, 5.41) is 0.683. The molecule has 0 atom stereocenters. The molecule has 0 aliphatic carbocycles. The van der Waals surface area contributed by atoms with Crippen molar-refractivity contribution in [3.8, 4) is 5.75 Å². The van der Waals surface area contributed by atoms with Gasteiger partial charge in [-0.05, 0) is 25.0 Å². The van der Waals surface area contributed by atoms with Crippen LogP contribution in [0.1, 0.15) is 25.7 Å². The van der Waals surface area contributed by atoms with E-state index in [1.807, 2.05) is 43.0 Å². The molecule has 0 saturated carbocycles. The van der Waals surface area contributed by atoms with Crippen molar-refractivity contribution in [1.29, 1.82) is 0 Å². The number of aromatic nitrogens is 2.